The SMILES string of the molecule is O=C(O)Cc1cccc(NC(=O)C2(n3cnnn3)CC2)c1. The number of hydrogen-bond donors (Lipinski definition) is 2. The number of carbonyl (C=O) groups is 2. The molecule has 21 heavy (non-hydrogen) atoms. The molecule has 3 rings (SSSR count). The van der Waals surface area contributed by atoms with Crippen LogP contribution in [0.25, 0.3) is 0 Å². The van der Waals surface area contributed by atoms with Gasteiger partial charge >= 0.3 is 5.97 Å². The Morgan fingerprint density at radius 2 is 2.19 bits per heavy atom. The molecule has 1 aliphatic carbocycles. The molecule has 8 nitrogen and oxygen atoms in total. The lowest BCUT2D eigenvalue weighted by molar-refractivity contribution is -0.136. The molecule has 8 heteroatoms. The molecule has 0 radical (unpaired) electrons. The second kappa shape index (κ2) is 4.97. The predicted octanol–water partition coefficient (Wildman–Crippen LogP) is 0.428. The summed E-state index contributed by atoms with van der Waals surface area (Å²) in [4.78, 5) is 23.1. The first kappa shape index (κ1) is 13.2. The molecule has 0 unspecified atom stereocenters. The summed E-state index contributed by atoms with van der Waals surface area (Å²) >= 11 is 0. The average molecular weight is 287 g/mol. The molecule has 2 aromatic rings. The average Bonchev–Trinajstić information content (AvgIpc) is 3.06. The molecule has 0 spiro atoms. The van der Waals surface area contributed by atoms with Crippen molar-refractivity contribution in [1.82, 2.24) is 20.2 Å². The Hall–Kier alpha value is -2.77. The summed E-state index contributed by atoms with van der Waals surface area (Å²) < 4.78 is 1.46. The molecule has 1 aliphatic rings. The lowest BCUT2D eigenvalue weighted by atomic mass is 10.1. The van der Waals surface area contributed by atoms with Crippen LogP contribution in [-0.2, 0) is 21.5 Å². The Balaban J connectivity index is 1.75. The van der Waals surface area contributed by atoms with Gasteiger partial charge in [-0.25, -0.2) is 4.68 Å². The zero-order valence-electron chi connectivity index (χ0n) is 11.1. The van der Waals surface area contributed by atoms with Crippen LogP contribution >= 0.6 is 0 Å². The maximum Gasteiger partial charge on any atom is 0.307 e. The number of hydrogen-bond acceptors (Lipinski definition) is 5. The van der Waals surface area contributed by atoms with Crippen LogP contribution in [0.4, 0.5) is 5.69 Å². The van der Waals surface area contributed by atoms with Gasteiger partial charge in [-0.05, 0) is 41.0 Å². The molecule has 108 valence electrons. The molecular formula is C13H13N5O3. The van der Waals surface area contributed by atoms with E-state index in [4.69, 9.17) is 5.11 Å². The van der Waals surface area contributed by atoms with Crippen molar-refractivity contribution in [3.8, 4) is 0 Å². The van der Waals surface area contributed by atoms with Crippen LogP contribution in [-0.4, -0.2) is 37.2 Å². The minimum absolute atomic E-state index is 0.0815. The first-order valence-corrected chi connectivity index (χ1v) is 6.46. The van der Waals surface area contributed by atoms with Gasteiger partial charge in [-0.3, -0.25) is 9.59 Å². The van der Waals surface area contributed by atoms with Crippen molar-refractivity contribution in [1.29, 1.82) is 0 Å². The highest BCUT2D eigenvalue weighted by molar-refractivity contribution is 5.98. The number of aromatic nitrogens is 4. The van der Waals surface area contributed by atoms with Crippen molar-refractivity contribution in [2.75, 3.05) is 5.32 Å². The van der Waals surface area contributed by atoms with Gasteiger partial charge in [0.25, 0.3) is 5.91 Å². The van der Waals surface area contributed by atoms with Crippen molar-refractivity contribution in [3.63, 3.8) is 0 Å². The van der Waals surface area contributed by atoms with E-state index in [1.165, 1.54) is 11.0 Å². The third-order valence-corrected chi connectivity index (χ3v) is 3.47. The minimum atomic E-state index is -0.911. The molecule has 1 heterocycles. The summed E-state index contributed by atoms with van der Waals surface area (Å²) in [5, 5.41) is 22.5. The number of tetrazole rings is 1. The molecule has 0 saturated heterocycles. The zero-order valence-corrected chi connectivity index (χ0v) is 11.1. The molecule has 1 amide bonds. The Labute approximate surface area is 119 Å². The van der Waals surface area contributed by atoms with Crippen LogP contribution in [0.1, 0.15) is 18.4 Å². The van der Waals surface area contributed by atoms with Crippen molar-refractivity contribution < 1.29 is 14.7 Å². The summed E-state index contributed by atoms with van der Waals surface area (Å²) in [6.07, 6.45) is 2.70. The highest BCUT2D eigenvalue weighted by atomic mass is 16.4. The zero-order chi connectivity index (χ0) is 14.9. The van der Waals surface area contributed by atoms with Crippen molar-refractivity contribution >= 4 is 17.6 Å². The largest absolute Gasteiger partial charge is 0.481 e. The van der Waals surface area contributed by atoms with E-state index in [-0.39, 0.29) is 12.3 Å². The fourth-order valence-corrected chi connectivity index (χ4v) is 2.22. The van der Waals surface area contributed by atoms with Gasteiger partial charge in [-0.15, -0.1) is 5.10 Å². The Morgan fingerprint density at radius 3 is 2.81 bits per heavy atom. The van der Waals surface area contributed by atoms with Crippen LogP contribution in [0.15, 0.2) is 30.6 Å². The number of anilines is 1. The number of rotatable bonds is 5. The highest BCUT2D eigenvalue weighted by Crippen LogP contribution is 2.43. The predicted molar refractivity (Wildman–Crippen MR) is 71.4 cm³/mol. The Bertz CT molecular complexity index is 679. The number of benzene rings is 1. The van der Waals surface area contributed by atoms with E-state index in [1.54, 1.807) is 24.3 Å². The summed E-state index contributed by atoms with van der Waals surface area (Å²) in [7, 11) is 0. The lowest BCUT2D eigenvalue weighted by Gasteiger charge is -2.14. The van der Waals surface area contributed by atoms with Crippen LogP contribution in [0.5, 0.6) is 0 Å². The number of nitrogens with zero attached hydrogens (tertiary/aromatic N) is 4. The van der Waals surface area contributed by atoms with Gasteiger partial charge in [0, 0.05) is 5.69 Å². The van der Waals surface area contributed by atoms with Gasteiger partial charge in [0.1, 0.15) is 11.9 Å². The third kappa shape index (κ3) is 2.60. The van der Waals surface area contributed by atoms with Crippen LogP contribution in [0.3, 0.4) is 0 Å². The minimum Gasteiger partial charge on any atom is -0.481 e. The van der Waals surface area contributed by atoms with Crippen LogP contribution in [0, 0.1) is 0 Å². The van der Waals surface area contributed by atoms with E-state index in [0.717, 1.165) is 0 Å². The normalized spacial score (nSPS) is 15.4. The van der Waals surface area contributed by atoms with Crippen molar-refractivity contribution in [2.24, 2.45) is 0 Å². The summed E-state index contributed by atoms with van der Waals surface area (Å²) in [5.41, 5.74) is 0.484. The second-order valence-electron chi connectivity index (χ2n) is 5.01. The van der Waals surface area contributed by atoms with E-state index in [1.807, 2.05) is 0 Å². The van der Waals surface area contributed by atoms with Crippen molar-refractivity contribution in [3.05, 3.63) is 36.2 Å². The number of carboxylic acids is 1. The molecule has 1 aromatic carbocycles. The summed E-state index contributed by atoms with van der Waals surface area (Å²) in [5.74, 6) is -1.10. The maximum atomic E-state index is 12.4. The van der Waals surface area contributed by atoms with Crippen LogP contribution in [0.2, 0.25) is 0 Å². The van der Waals surface area contributed by atoms with Gasteiger partial charge in [-0.2, -0.15) is 0 Å². The molecule has 0 bridgehead atoms. The first-order valence-electron chi connectivity index (χ1n) is 6.46. The first-order chi connectivity index (χ1) is 10.1. The van der Waals surface area contributed by atoms with Gasteiger partial charge in [-0.1, -0.05) is 12.1 Å². The molecule has 1 fully saturated rings. The fourth-order valence-electron chi connectivity index (χ4n) is 2.22. The van der Waals surface area contributed by atoms with Gasteiger partial charge in [0.2, 0.25) is 0 Å². The molecule has 2 N–H and O–H groups in total. The van der Waals surface area contributed by atoms with E-state index in [9.17, 15) is 9.59 Å². The molecule has 1 aromatic heterocycles. The number of nitrogens with one attached hydrogen (secondary N) is 1. The Morgan fingerprint density at radius 1 is 1.38 bits per heavy atom. The van der Waals surface area contributed by atoms with Crippen molar-refractivity contribution in [2.45, 2.75) is 24.8 Å². The molecular weight excluding hydrogens is 274 g/mol. The summed E-state index contributed by atoms with van der Waals surface area (Å²) in [6.45, 7) is 0. The fraction of sp³-hybridized carbons (Fsp3) is 0.308. The van der Waals surface area contributed by atoms with E-state index in [2.05, 4.69) is 20.8 Å². The number of aliphatic carboxylic acids is 1. The van der Waals surface area contributed by atoms with E-state index in [0.29, 0.717) is 24.1 Å². The van der Waals surface area contributed by atoms with Gasteiger partial charge < -0.3 is 10.4 Å². The number of carboxylic acid groups (broad SMARTS) is 1. The molecule has 0 atom stereocenters. The second-order valence-corrected chi connectivity index (χ2v) is 5.01. The smallest absolute Gasteiger partial charge is 0.307 e. The molecule has 0 aliphatic heterocycles. The lowest BCUT2D eigenvalue weighted by Crippen LogP contribution is -2.33. The Kier molecular flexibility index (Phi) is 3.13. The maximum absolute atomic E-state index is 12.4. The standard InChI is InChI=1S/C13H13N5O3/c19-11(20)7-9-2-1-3-10(6-9)15-12(21)13(4-5-13)18-8-14-16-17-18/h1-3,6,8H,4-5,7H2,(H,15,21)(H,19,20). The number of amides is 1. The number of carbonyl (C=O) groups excluding carboxylic acids is 1. The van der Waals surface area contributed by atoms with E-state index >= 15 is 0 Å². The topological polar surface area (TPSA) is 110 Å². The monoisotopic (exact) mass is 287 g/mol. The van der Waals surface area contributed by atoms with Gasteiger partial charge in [0.05, 0.1) is 6.42 Å². The molecule has 1 saturated carbocycles. The highest BCUT2D eigenvalue weighted by Gasteiger charge is 2.53. The van der Waals surface area contributed by atoms with Crippen LogP contribution < -0.4 is 5.32 Å². The van der Waals surface area contributed by atoms with Gasteiger partial charge in [0.15, 0.2) is 0 Å². The van der Waals surface area contributed by atoms with E-state index < -0.39 is 11.5 Å². The third-order valence-electron chi connectivity index (χ3n) is 3.47. The summed E-state index contributed by atoms with van der Waals surface area (Å²) in [6, 6.07) is 6.79. The quantitative estimate of drug-likeness (QED) is 0.825.